The Bertz CT molecular complexity index is 411. The van der Waals surface area contributed by atoms with Gasteiger partial charge in [-0.15, -0.1) is 0 Å². The summed E-state index contributed by atoms with van der Waals surface area (Å²) in [5.41, 5.74) is 3.05. The summed E-state index contributed by atoms with van der Waals surface area (Å²) in [4.78, 5) is 0. The molecule has 0 fully saturated rings. The Morgan fingerprint density at radius 3 is 2.00 bits per heavy atom. The highest BCUT2D eigenvalue weighted by Gasteiger charge is 2.40. The first-order valence-corrected chi connectivity index (χ1v) is 5.01. The fourth-order valence-corrected chi connectivity index (χ4v) is 1.63. The average Bonchev–Trinajstić information content (AvgIpc) is 2.14. The van der Waals surface area contributed by atoms with Gasteiger partial charge in [-0.2, -0.15) is 26.3 Å². The van der Waals surface area contributed by atoms with E-state index in [-0.39, 0.29) is 4.47 Å². The van der Waals surface area contributed by atoms with Gasteiger partial charge in [0.1, 0.15) is 6.04 Å². The Morgan fingerprint density at radius 2 is 1.59 bits per heavy atom. The number of hydrogen-bond acceptors (Lipinski definition) is 1. The van der Waals surface area contributed by atoms with Crippen LogP contribution in [0.5, 0.6) is 0 Å². The molecule has 0 aliphatic carbocycles. The highest BCUT2D eigenvalue weighted by molar-refractivity contribution is 9.10. The van der Waals surface area contributed by atoms with Crippen LogP contribution >= 0.6 is 15.9 Å². The normalized spacial score (nSPS) is 14.8. The van der Waals surface area contributed by atoms with Gasteiger partial charge in [0, 0.05) is 4.47 Å². The third-order valence-corrected chi connectivity index (χ3v) is 2.73. The van der Waals surface area contributed by atoms with Crippen molar-refractivity contribution in [2.75, 3.05) is 0 Å². The van der Waals surface area contributed by atoms with Crippen molar-refractivity contribution >= 4 is 15.9 Å². The van der Waals surface area contributed by atoms with E-state index in [1.807, 2.05) is 0 Å². The molecule has 1 atom stereocenters. The maximum absolute atomic E-state index is 12.3. The lowest BCUT2D eigenvalue weighted by Crippen LogP contribution is -2.29. The SMILES string of the molecule is N[C@H](c1cc(C(F)(F)F)ccc1Br)C(F)(F)F. The number of rotatable bonds is 1. The predicted molar refractivity (Wildman–Crippen MR) is 52.1 cm³/mol. The summed E-state index contributed by atoms with van der Waals surface area (Å²) in [6.45, 7) is 0. The van der Waals surface area contributed by atoms with Gasteiger partial charge >= 0.3 is 12.4 Å². The minimum atomic E-state index is -4.80. The highest BCUT2D eigenvalue weighted by Crippen LogP contribution is 2.38. The van der Waals surface area contributed by atoms with Gasteiger partial charge in [-0.1, -0.05) is 15.9 Å². The molecular weight excluding hydrogens is 316 g/mol. The lowest BCUT2D eigenvalue weighted by molar-refractivity contribution is -0.150. The van der Waals surface area contributed by atoms with Gasteiger partial charge in [-0.25, -0.2) is 0 Å². The Balaban J connectivity index is 3.25. The molecule has 1 aromatic rings. The molecule has 0 aliphatic heterocycles. The number of nitrogens with two attached hydrogens (primary N) is 1. The molecule has 0 aromatic heterocycles. The van der Waals surface area contributed by atoms with Crippen LogP contribution in [0.3, 0.4) is 0 Å². The maximum atomic E-state index is 12.3. The van der Waals surface area contributed by atoms with Crippen LogP contribution in [0, 0.1) is 0 Å². The maximum Gasteiger partial charge on any atom is 0.416 e. The molecule has 0 aliphatic rings. The van der Waals surface area contributed by atoms with E-state index in [1.54, 1.807) is 0 Å². The molecule has 0 bridgehead atoms. The molecular formula is C9H6BrF6N. The van der Waals surface area contributed by atoms with E-state index in [4.69, 9.17) is 5.73 Å². The van der Waals surface area contributed by atoms with Gasteiger partial charge < -0.3 is 5.73 Å². The second kappa shape index (κ2) is 4.49. The van der Waals surface area contributed by atoms with Gasteiger partial charge in [0.05, 0.1) is 5.56 Å². The monoisotopic (exact) mass is 321 g/mol. The van der Waals surface area contributed by atoms with Crippen LogP contribution in [0.4, 0.5) is 26.3 Å². The summed E-state index contributed by atoms with van der Waals surface area (Å²) in [6, 6.07) is -0.498. The molecule has 0 unspecified atom stereocenters. The van der Waals surface area contributed by atoms with Gasteiger partial charge in [-0.3, -0.25) is 0 Å². The quantitative estimate of drug-likeness (QED) is 0.776. The Kier molecular flexibility index (Phi) is 3.78. The van der Waals surface area contributed by atoms with E-state index in [1.165, 1.54) is 0 Å². The van der Waals surface area contributed by atoms with Gasteiger partial charge in [0.2, 0.25) is 0 Å². The van der Waals surface area contributed by atoms with Crippen LogP contribution in [-0.2, 0) is 6.18 Å². The third kappa shape index (κ3) is 3.35. The van der Waals surface area contributed by atoms with Gasteiger partial charge in [-0.05, 0) is 23.8 Å². The van der Waals surface area contributed by atoms with E-state index in [0.29, 0.717) is 12.1 Å². The second-order valence-corrected chi connectivity index (χ2v) is 4.11. The second-order valence-electron chi connectivity index (χ2n) is 3.25. The van der Waals surface area contributed by atoms with Crippen molar-refractivity contribution in [3.63, 3.8) is 0 Å². The zero-order valence-corrected chi connectivity index (χ0v) is 9.62. The molecule has 0 spiro atoms. The molecule has 0 heterocycles. The fraction of sp³-hybridized carbons (Fsp3) is 0.333. The van der Waals surface area contributed by atoms with E-state index < -0.39 is 29.5 Å². The van der Waals surface area contributed by atoms with Crippen LogP contribution in [0.15, 0.2) is 22.7 Å². The molecule has 0 saturated carbocycles. The largest absolute Gasteiger partial charge is 0.416 e. The smallest absolute Gasteiger partial charge is 0.316 e. The summed E-state index contributed by atoms with van der Waals surface area (Å²) in [6.07, 6.45) is -9.51. The molecule has 1 nitrogen and oxygen atoms in total. The first-order valence-electron chi connectivity index (χ1n) is 4.22. The molecule has 8 heteroatoms. The van der Waals surface area contributed by atoms with Crippen molar-refractivity contribution in [3.8, 4) is 0 Å². The first kappa shape index (κ1) is 14.3. The van der Waals surface area contributed by atoms with Crippen LogP contribution in [0.1, 0.15) is 17.2 Å². The topological polar surface area (TPSA) is 26.0 Å². The summed E-state index contributed by atoms with van der Waals surface area (Å²) in [5.74, 6) is 0. The predicted octanol–water partition coefficient (Wildman–Crippen LogP) is 4.03. The van der Waals surface area contributed by atoms with E-state index >= 15 is 0 Å². The summed E-state index contributed by atoms with van der Waals surface area (Å²) < 4.78 is 73.8. The van der Waals surface area contributed by atoms with Crippen molar-refractivity contribution in [1.29, 1.82) is 0 Å². The van der Waals surface area contributed by atoms with Gasteiger partial charge in [0.25, 0.3) is 0 Å². The molecule has 96 valence electrons. The van der Waals surface area contributed by atoms with Crippen molar-refractivity contribution < 1.29 is 26.3 Å². The van der Waals surface area contributed by atoms with Crippen molar-refractivity contribution in [1.82, 2.24) is 0 Å². The highest BCUT2D eigenvalue weighted by atomic mass is 79.9. The Labute approximate surface area is 101 Å². The molecule has 1 aromatic carbocycles. The zero-order chi connectivity index (χ0) is 13.4. The number of hydrogen-bond donors (Lipinski definition) is 1. The van der Waals surface area contributed by atoms with Crippen LogP contribution in [0.25, 0.3) is 0 Å². The van der Waals surface area contributed by atoms with Crippen molar-refractivity contribution in [3.05, 3.63) is 33.8 Å². The number of benzene rings is 1. The van der Waals surface area contributed by atoms with Crippen LogP contribution in [-0.4, -0.2) is 6.18 Å². The lowest BCUT2D eigenvalue weighted by atomic mass is 10.0. The van der Waals surface area contributed by atoms with Gasteiger partial charge in [0.15, 0.2) is 0 Å². The summed E-state index contributed by atoms with van der Waals surface area (Å²) in [5, 5.41) is 0. The minimum absolute atomic E-state index is 0.115. The first-order chi connectivity index (χ1) is 7.53. The fourth-order valence-electron chi connectivity index (χ4n) is 1.13. The van der Waals surface area contributed by atoms with Crippen molar-refractivity contribution in [2.45, 2.75) is 18.4 Å². The van der Waals surface area contributed by atoms with Crippen LogP contribution < -0.4 is 5.73 Å². The summed E-state index contributed by atoms with van der Waals surface area (Å²) >= 11 is 2.74. The number of halogens is 7. The van der Waals surface area contributed by atoms with E-state index in [2.05, 4.69) is 15.9 Å². The molecule has 0 radical (unpaired) electrons. The Morgan fingerprint density at radius 1 is 1.06 bits per heavy atom. The molecule has 0 saturated heterocycles. The molecule has 1 rings (SSSR count). The standard InChI is InChI=1S/C9H6BrF6N/c10-6-2-1-4(8(11,12)13)3-5(6)7(17)9(14,15)16/h1-3,7H,17H2/t7-/m1/s1. The van der Waals surface area contributed by atoms with E-state index in [9.17, 15) is 26.3 Å². The molecule has 0 amide bonds. The third-order valence-electron chi connectivity index (χ3n) is 2.01. The number of alkyl halides is 6. The summed E-state index contributed by atoms with van der Waals surface area (Å²) in [7, 11) is 0. The zero-order valence-electron chi connectivity index (χ0n) is 8.03. The lowest BCUT2D eigenvalue weighted by Gasteiger charge is -2.18. The van der Waals surface area contributed by atoms with Crippen molar-refractivity contribution in [2.24, 2.45) is 5.73 Å². The van der Waals surface area contributed by atoms with E-state index in [0.717, 1.165) is 6.07 Å². The molecule has 2 N–H and O–H groups in total. The Hall–Kier alpha value is -0.760. The minimum Gasteiger partial charge on any atom is -0.316 e. The molecule has 17 heavy (non-hydrogen) atoms. The average molecular weight is 322 g/mol. The van der Waals surface area contributed by atoms with Crippen LogP contribution in [0.2, 0.25) is 0 Å².